The maximum atomic E-state index is 13.4. The first kappa shape index (κ1) is 15.1. The molecule has 4 rings (SSSR count). The van der Waals surface area contributed by atoms with Crippen LogP contribution in [0.3, 0.4) is 0 Å². The Morgan fingerprint density at radius 1 is 1.33 bits per heavy atom. The Balaban J connectivity index is 1.72. The molecule has 1 aliphatic carbocycles. The highest BCUT2D eigenvalue weighted by Gasteiger charge is 2.21. The lowest BCUT2D eigenvalue weighted by Crippen LogP contribution is -2.13. The van der Waals surface area contributed by atoms with E-state index in [9.17, 15) is 9.18 Å². The molecule has 2 aromatic heterocycles. The molecule has 1 amide bonds. The Hall–Kier alpha value is -2.47. The van der Waals surface area contributed by atoms with E-state index in [-0.39, 0.29) is 5.91 Å². The molecule has 2 heterocycles. The second-order valence-electron chi connectivity index (χ2n) is 6.06. The van der Waals surface area contributed by atoms with E-state index in [1.165, 1.54) is 29.0 Å². The first-order valence-electron chi connectivity index (χ1n) is 7.81. The fraction of sp³-hybridized carbons (Fsp3) is 0.222. The molecule has 6 heteroatoms. The third-order valence-electron chi connectivity index (χ3n) is 4.40. The van der Waals surface area contributed by atoms with Crippen LogP contribution in [0.1, 0.15) is 32.9 Å². The van der Waals surface area contributed by atoms with E-state index in [0.717, 1.165) is 40.7 Å². The monoisotopic (exact) mass is 341 g/mol. The minimum atomic E-state index is -0.390. The summed E-state index contributed by atoms with van der Waals surface area (Å²) in [6, 6.07) is 6.36. The molecule has 1 aromatic carbocycles. The molecule has 0 atom stereocenters. The van der Waals surface area contributed by atoms with Gasteiger partial charge in [0.25, 0.3) is 5.91 Å². The third kappa shape index (κ3) is 2.43. The number of rotatable bonds is 2. The first-order chi connectivity index (χ1) is 11.5. The van der Waals surface area contributed by atoms with Crippen molar-refractivity contribution >= 4 is 38.8 Å². The highest BCUT2D eigenvalue weighted by atomic mass is 32.1. The van der Waals surface area contributed by atoms with Crippen molar-refractivity contribution in [1.82, 2.24) is 4.98 Å². The molecule has 1 aliphatic rings. The molecule has 0 saturated heterocycles. The SMILES string of the molecule is Cc1ccc(F)cc1NC(=O)c1sc2nc3c(cc2c1N)CCC3. The number of carbonyl (C=O) groups excluding carboxylic acids is 1. The molecule has 24 heavy (non-hydrogen) atoms. The van der Waals surface area contributed by atoms with Crippen LogP contribution < -0.4 is 11.1 Å². The van der Waals surface area contributed by atoms with Gasteiger partial charge in [-0.15, -0.1) is 11.3 Å². The number of benzene rings is 1. The number of halogens is 1. The molecule has 0 fully saturated rings. The normalized spacial score (nSPS) is 13.2. The molecule has 0 unspecified atom stereocenters. The Morgan fingerprint density at radius 2 is 2.17 bits per heavy atom. The van der Waals surface area contributed by atoms with E-state index in [2.05, 4.69) is 16.4 Å². The van der Waals surface area contributed by atoms with Crippen LogP contribution in [-0.4, -0.2) is 10.9 Å². The summed E-state index contributed by atoms with van der Waals surface area (Å²) in [5.74, 6) is -0.720. The standard InChI is InChI=1S/C18H16FN3OS/c1-9-5-6-11(19)8-14(9)21-17(23)16-15(20)12-7-10-3-2-4-13(10)22-18(12)24-16/h5-8H,2-4,20H2,1H3,(H,21,23). The van der Waals surface area contributed by atoms with Crippen LogP contribution in [0.2, 0.25) is 0 Å². The fourth-order valence-corrected chi connectivity index (χ4v) is 4.07. The molecule has 0 spiro atoms. The number of hydrogen-bond acceptors (Lipinski definition) is 4. The van der Waals surface area contributed by atoms with E-state index in [0.29, 0.717) is 16.3 Å². The number of amides is 1. The van der Waals surface area contributed by atoms with Gasteiger partial charge >= 0.3 is 0 Å². The van der Waals surface area contributed by atoms with Gasteiger partial charge in [0.15, 0.2) is 0 Å². The van der Waals surface area contributed by atoms with Crippen molar-refractivity contribution in [3.8, 4) is 0 Å². The Bertz CT molecular complexity index is 980. The van der Waals surface area contributed by atoms with Gasteiger partial charge < -0.3 is 11.1 Å². The number of fused-ring (bicyclic) bond motifs is 2. The van der Waals surface area contributed by atoms with Crippen molar-refractivity contribution in [1.29, 1.82) is 0 Å². The molecular formula is C18H16FN3OS. The smallest absolute Gasteiger partial charge is 0.267 e. The number of aromatic nitrogens is 1. The number of hydrogen-bond donors (Lipinski definition) is 2. The lowest BCUT2D eigenvalue weighted by Gasteiger charge is -2.07. The van der Waals surface area contributed by atoms with Crippen LogP contribution in [0.4, 0.5) is 15.8 Å². The van der Waals surface area contributed by atoms with Crippen LogP contribution in [0.25, 0.3) is 10.2 Å². The molecule has 3 N–H and O–H groups in total. The second kappa shape index (κ2) is 5.56. The summed E-state index contributed by atoms with van der Waals surface area (Å²) in [5, 5.41) is 3.58. The van der Waals surface area contributed by atoms with E-state index in [1.807, 2.05) is 6.92 Å². The van der Waals surface area contributed by atoms with Gasteiger partial charge in [0.05, 0.1) is 5.69 Å². The Morgan fingerprint density at radius 3 is 3.00 bits per heavy atom. The van der Waals surface area contributed by atoms with Gasteiger partial charge in [0.1, 0.15) is 15.5 Å². The van der Waals surface area contributed by atoms with E-state index in [1.54, 1.807) is 6.07 Å². The zero-order valence-electron chi connectivity index (χ0n) is 13.1. The van der Waals surface area contributed by atoms with Crippen molar-refractivity contribution in [2.24, 2.45) is 0 Å². The van der Waals surface area contributed by atoms with E-state index < -0.39 is 5.82 Å². The number of pyridine rings is 1. The lowest BCUT2D eigenvalue weighted by atomic mass is 10.1. The number of aryl methyl sites for hydroxylation is 3. The topological polar surface area (TPSA) is 68.0 Å². The van der Waals surface area contributed by atoms with Crippen molar-refractivity contribution in [3.63, 3.8) is 0 Å². The number of nitrogen functional groups attached to an aromatic ring is 1. The van der Waals surface area contributed by atoms with Crippen LogP contribution >= 0.6 is 11.3 Å². The van der Waals surface area contributed by atoms with Crippen LogP contribution in [0.15, 0.2) is 24.3 Å². The fourth-order valence-electron chi connectivity index (χ4n) is 3.07. The van der Waals surface area contributed by atoms with Gasteiger partial charge in [-0.3, -0.25) is 4.79 Å². The number of thiophene rings is 1. The van der Waals surface area contributed by atoms with Crippen molar-refractivity contribution in [2.45, 2.75) is 26.2 Å². The largest absolute Gasteiger partial charge is 0.397 e. The van der Waals surface area contributed by atoms with E-state index in [4.69, 9.17) is 5.73 Å². The summed E-state index contributed by atoms with van der Waals surface area (Å²) in [4.78, 5) is 18.5. The predicted molar refractivity (Wildman–Crippen MR) is 95.1 cm³/mol. The summed E-state index contributed by atoms with van der Waals surface area (Å²) < 4.78 is 13.4. The lowest BCUT2D eigenvalue weighted by molar-refractivity contribution is 0.103. The molecule has 4 nitrogen and oxygen atoms in total. The van der Waals surface area contributed by atoms with Crippen molar-refractivity contribution < 1.29 is 9.18 Å². The highest BCUT2D eigenvalue weighted by Crippen LogP contribution is 2.36. The molecule has 122 valence electrons. The van der Waals surface area contributed by atoms with Gasteiger partial charge in [-0.2, -0.15) is 0 Å². The van der Waals surface area contributed by atoms with Crippen LogP contribution in [0.5, 0.6) is 0 Å². The molecule has 3 aromatic rings. The Kier molecular flexibility index (Phi) is 3.49. The minimum absolute atomic E-state index is 0.329. The number of anilines is 2. The summed E-state index contributed by atoms with van der Waals surface area (Å²) in [6.45, 7) is 1.81. The van der Waals surface area contributed by atoms with Gasteiger partial charge in [-0.05, 0) is 55.5 Å². The molecule has 0 bridgehead atoms. The maximum absolute atomic E-state index is 13.4. The molecule has 0 radical (unpaired) electrons. The Labute approximate surface area is 142 Å². The second-order valence-corrected chi connectivity index (χ2v) is 7.06. The van der Waals surface area contributed by atoms with Crippen LogP contribution in [-0.2, 0) is 12.8 Å². The average Bonchev–Trinajstić information content (AvgIpc) is 3.13. The summed E-state index contributed by atoms with van der Waals surface area (Å²) in [5.41, 5.74) is 10.2. The molecule has 0 saturated carbocycles. The summed E-state index contributed by atoms with van der Waals surface area (Å²) >= 11 is 1.29. The van der Waals surface area contributed by atoms with Gasteiger partial charge in [-0.25, -0.2) is 9.37 Å². The van der Waals surface area contributed by atoms with Crippen LogP contribution in [0, 0.1) is 12.7 Å². The van der Waals surface area contributed by atoms with Gasteiger partial charge in [-0.1, -0.05) is 6.07 Å². The predicted octanol–water partition coefficient (Wildman–Crippen LogP) is 4.07. The molecular weight excluding hydrogens is 325 g/mol. The third-order valence-corrected chi connectivity index (χ3v) is 5.52. The first-order valence-corrected chi connectivity index (χ1v) is 8.63. The summed E-state index contributed by atoms with van der Waals surface area (Å²) in [6.07, 6.45) is 3.11. The zero-order valence-corrected chi connectivity index (χ0v) is 14.0. The number of nitrogens with two attached hydrogens (primary N) is 1. The van der Waals surface area contributed by atoms with Gasteiger partial charge in [0.2, 0.25) is 0 Å². The summed E-state index contributed by atoms with van der Waals surface area (Å²) in [7, 11) is 0. The van der Waals surface area contributed by atoms with E-state index >= 15 is 0 Å². The van der Waals surface area contributed by atoms with Crippen molar-refractivity contribution in [2.75, 3.05) is 11.1 Å². The van der Waals surface area contributed by atoms with Crippen molar-refractivity contribution in [3.05, 3.63) is 51.8 Å². The number of nitrogens with zero attached hydrogens (tertiary/aromatic N) is 1. The molecule has 0 aliphatic heterocycles. The van der Waals surface area contributed by atoms with Gasteiger partial charge in [0, 0.05) is 16.8 Å². The quantitative estimate of drug-likeness (QED) is 0.738. The maximum Gasteiger partial charge on any atom is 0.267 e. The average molecular weight is 341 g/mol. The zero-order chi connectivity index (χ0) is 16.8. The number of carbonyl (C=O) groups is 1. The highest BCUT2D eigenvalue weighted by molar-refractivity contribution is 7.21. The minimum Gasteiger partial charge on any atom is -0.397 e. The number of nitrogens with one attached hydrogen (secondary N) is 1.